The number of hydrogen-bond acceptors (Lipinski definition) is 5. The van der Waals surface area contributed by atoms with Crippen LogP contribution in [0.25, 0.3) is 0 Å². The molecule has 2 aromatic rings. The molecule has 0 saturated heterocycles. The van der Waals surface area contributed by atoms with Crippen molar-refractivity contribution in [2.75, 3.05) is 13.2 Å². The summed E-state index contributed by atoms with van der Waals surface area (Å²) in [5, 5.41) is 11.0. The van der Waals surface area contributed by atoms with Crippen molar-refractivity contribution in [1.29, 1.82) is 0 Å². The zero-order valence-corrected chi connectivity index (χ0v) is 15.0. The largest absolute Gasteiger partial charge is 0.452 e. The lowest BCUT2D eigenvalue weighted by atomic mass is 10.1. The van der Waals surface area contributed by atoms with Gasteiger partial charge in [-0.05, 0) is 37.6 Å². The number of benzene rings is 2. The molecule has 7 nitrogen and oxygen atoms in total. The maximum Gasteiger partial charge on any atom is 0.339 e. The van der Waals surface area contributed by atoms with Crippen LogP contribution in [-0.2, 0) is 16.1 Å². The topological polar surface area (TPSA) is 89.8 Å². The monoisotopic (exact) mass is 374 g/mol. The highest BCUT2D eigenvalue weighted by molar-refractivity contribution is 5.93. The number of carbonyl (C=O) groups is 2. The number of halogens is 1. The molecule has 142 valence electrons. The molecule has 8 heteroatoms. The summed E-state index contributed by atoms with van der Waals surface area (Å²) in [6.07, 6.45) is 0. The minimum atomic E-state index is -0.814. The molecule has 0 aromatic heterocycles. The fourth-order valence-electron chi connectivity index (χ4n) is 2.57. The summed E-state index contributed by atoms with van der Waals surface area (Å²) in [7, 11) is 0. The lowest BCUT2D eigenvalue weighted by Crippen LogP contribution is -2.34. The first-order valence-electron chi connectivity index (χ1n) is 8.26. The Hall–Kier alpha value is -3.29. The molecule has 0 bridgehead atoms. The highest BCUT2D eigenvalue weighted by atomic mass is 19.1. The number of nitro groups is 1. The smallest absolute Gasteiger partial charge is 0.339 e. The van der Waals surface area contributed by atoms with Gasteiger partial charge in [0, 0.05) is 24.7 Å². The normalized spacial score (nSPS) is 10.3. The van der Waals surface area contributed by atoms with E-state index in [1.54, 1.807) is 19.1 Å². The predicted molar refractivity (Wildman–Crippen MR) is 95.6 cm³/mol. The van der Waals surface area contributed by atoms with Gasteiger partial charge in [0.15, 0.2) is 6.61 Å². The van der Waals surface area contributed by atoms with Crippen LogP contribution in [0.5, 0.6) is 0 Å². The van der Waals surface area contributed by atoms with Crippen molar-refractivity contribution < 1.29 is 23.6 Å². The summed E-state index contributed by atoms with van der Waals surface area (Å²) >= 11 is 0. The van der Waals surface area contributed by atoms with Crippen LogP contribution in [0.2, 0.25) is 0 Å². The minimum absolute atomic E-state index is 0.0326. The number of nitro benzene ring substituents is 1. The first-order chi connectivity index (χ1) is 12.8. The molecule has 0 fully saturated rings. The van der Waals surface area contributed by atoms with E-state index in [1.165, 1.54) is 42.2 Å². The predicted octanol–water partition coefficient (Wildman–Crippen LogP) is 3.25. The second kappa shape index (κ2) is 8.88. The summed E-state index contributed by atoms with van der Waals surface area (Å²) in [5.41, 5.74) is 0.625. The van der Waals surface area contributed by atoms with E-state index >= 15 is 0 Å². The molecule has 0 heterocycles. The standard InChI is InChI=1S/C19H19FN2O5/c1-3-21(11-14-6-4-7-15(20)10-14)18(23)12-27-19(24)16-8-5-9-17(13(16)2)22(25)26/h4-10H,3,11-12H2,1-2H3. The fourth-order valence-corrected chi connectivity index (χ4v) is 2.57. The number of carbonyl (C=O) groups excluding carboxylic acids is 2. The molecule has 0 aliphatic carbocycles. The zero-order valence-electron chi connectivity index (χ0n) is 15.0. The van der Waals surface area contributed by atoms with Gasteiger partial charge in [-0.15, -0.1) is 0 Å². The number of amides is 1. The molecule has 0 atom stereocenters. The van der Waals surface area contributed by atoms with E-state index in [9.17, 15) is 24.1 Å². The second-order valence-electron chi connectivity index (χ2n) is 5.82. The van der Waals surface area contributed by atoms with Crippen molar-refractivity contribution >= 4 is 17.6 Å². The molecule has 0 saturated carbocycles. The van der Waals surface area contributed by atoms with Crippen LogP contribution in [-0.4, -0.2) is 34.9 Å². The molecular formula is C19H19FN2O5. The van der Waals surface area contributed by atoms with E-state index in [-0.39, 0.29) is 23.4 Å². The SMILES string of the molecule is CCN(Cc1cccc(F)c1)C(=O)COC(=O)c1cccc([N+](=O)[O-])c1C. The van der Waals surface area contributed by atoms with Gasteiger partial charge in [0.1, 0.15) is 5.82 Å². The van der Waals surface area contributed by atoms with Gasteiger partial charge in [0.25, 0.3) is 11.6 Å². The van der Waals surface area contributed by atoms with E-state index in [2.05, 4.69) is 0 Å². The van der Waals surface area contributed by atoms with Crippen LogP contribution in [0, 0.1) is 22.9 Å². The molecule has 0 unspecified atom stereocenters. The number of likely N-dealkylation sites (N-methyl/N-ethyl adjacent to an activating group) is 1. The van der Waals surface area contributed by atoms with Crippen molar-refractivity contribution in [1.82, 2.24) is 4.90 Å². The maximum atomic E-state index is 13.3. The molecule has 0 spiro atoms. The number of rotatable bonds is 7. The Morgan fingerprint density at radius 2 is 1.93 bits per heavy atom. The molecule has 2 rings (SSSR count). The molecule has 2 aromatic carbocycles. The van der Waals surface area contributed by atoms with Crippen LogP contribution >= 0.6 is 0 Å². The molecule has 1 amide bonds. The van der Waals surface area contributed by atoms with Gasteiger partial charge in [0.05, 0.1) is 10.5 Å². The summed E-state index contributed by atoms with van der Waals surface area (Å²) in [5.74, 6) is -1.66. The van der Waals surface area contributed by atoms with E-state index < -0.39 is 29.2 Å². The third-order valence-electron chi connectivity index (χ3n) is 4.05. The zero-order chi connectivity index (χ0) is 20.0. The van der Waals surface area contributed by atoms with E-state index in [1.807, 2.05) is 0 Å². The van der Waals surface area contributed by atoms with Crippen LogP contribution in [0.15, 0.2) is 42.5 Å². The molecule has 27 heavy (non-hydrogen) atoms. The van der Waals surface area contributed by atoms with Gasteiger partial charge < -0.3 is 9.64 Å². The van der Waals surface area contributed by atoms with Gasteiger partial charge in [-0.2, -0.15) is 0 Å². The van der Waals surface area contributed by atoms with Gasteiger partial charge in [0.2, 0.25) is 0 Å². The molecular weight excluding hydrogens is 355 g/mol. The van der Waals surface area contributed by atoms with Crippen LogP contribution < -0.4 is 0 Å². The van der Waals surface area contributed by atoms with Crippen molar-refractivity contribution in [2.45, 2.75) is 20.4 Å². The molecule has 0 aliphatic rings. The lowest BCUT2D eigenvalue weighted by molar-refractivity contribution is -0.385. The van der Waals surface area contributed by atoms with Crippen molar-refractivity contribution in [2.24, 2.45) is 0 Å². The third kappa shape index (κ3) is 5.10. The second-order valence-corrected chi connectivity index (χ2v) is 5.82. The summed E-state index contributed by atoms with van der Waals surface area (Å²) in [6.45, 7) is 3.22. The third-order valence-corrected chi connectivity index (χ3v) is 4.05. The Bertz CT molecular complexity index is 869. The van der Waals surface area contributed by atoms with Crippen molar-refractivity contribution in [3.63, 3.8) is 0 Å². The van der Waals surface area contributed by atoms with E-state index in [0.717, 1.165) is 0 Å². The minimum Gasteiger partial charge on any atom is -0.452 e. The first kappa shape index (κ1) is 20.0. The molecule has 0 N–H and O–H groups in total. The Kier molecular flexibility index (Phi) is 6.59. The van der Waals surface area contributed by atoms with Gasteiger partial charge in [-0.3, -0.25) is 14.9 Å². The van der Waals surface area contributed by atoms with Gasteiger partial charge in [-0.25, -0.2) is 9.18 Å². The molecule has 0 radical (unpaired) electrons. The Morgan fingerprint density at radius 3 is 2.56 bits per heavy atom. The van der Waals surface area contributed by atoms with Crippen LogP contribution in [0.4, 0.5) is 10.1 Å². The van der Waals surface area contributed by atoms with E-state index in [0.29, 0.717) is 12.1 Å². The summed E-state index contributed by atoms with van der Waals surface area (Å²) < 4.78 is 18.3. The quantitative estimate of drug-likeness (QED) is 0.422. The van der Waals surface area contributed by atoms with Crippen LogP contribution in [0.3, 0.4) is 0 Å². The number of nitrogens with zero attached hydrogens (tertiary/aromatic N) is 2. The average molecular weight is 374 g/mol. The van der Waals surface area contributed by atoms with Crippen molar-refractivity contribution in [3.05, 3.63) is 75.1 Å². The fraction of sp³-hybridized carbons (Fsp3) is 0.263. The average Bonchev–Trinajstić information content (AvgIpc) is 2.63. The lowest BCUT2D eigenvalue weighted by Gasteiger charge is -2.21. The number of ether oxygens (including phenoxy) is 1. The Balaban J connectivity index is 2.02. The maximum absolute atomic E-state index is 13.3. The number of hydrogen-bond donors (Lipinski definition) is 0. The Morgan fingerprint density at radius 1 is 1.22 bits per heavy atom. The summed E-state index contributed by atoms with van der Waals surface area (Å²) in [4.78, 5) is 36.3. The van der Waals surface area contributed by atoms with E-state index in [4.69, 9.17) is 4.74 Å². The Labute approximate surface area is 155 Å². The highest BCUT2D eigenvalue weighted by Gasteiger charge is 2.21. The van der Waals surface area contributed by atoms with Gasteiger partial charge >= 0.3 is 5.97 Å². The molecule has 0 aliphatic heterocycles. The van der Waals surface area contributed by atoms with Crippen LogP contribution in [0.1, 0.15) is 28.4 Å². The van der Waals surface area contributed by atoms with Gasteiger partial charge in [-0.1, -0.05) is 18.2 Å². The van der Waals surface area contributed by atoms with Crippen molar-refractivity contribution in [3.8, 4) is 0 Å². The number of esters is 1. The highest BCUT2D eigenvalue weighted by Crippen LogP contribution is 2.21. The summed E-state index contributed by atoms with van der Waals surface area (Å²) in [6, 6.07) is 9.95. The first-order valence-corrected chi connectivity index (χ1v) is 8.26.